The van der Waals surface area contributed by atoms with Gasteiger partial charge in [-0.05, 0) is 125 Å². The SMILES string of the molecule is C=Cc1nc(-c2ccc(-c3cc(-c4ccc(-c5nc6cccnc6nc5-c5ccccn5)cc4)cc(-c4ccc(-c5nc6cccnc6nc5-c5ccccn5)cc4)c3)cc2)c(-c2ccccn2)nc1N=C. The highest BCUT2D eigenvalue weighted by Gasteiger charge is 2.20. The van der Waals surface area contributed by atoms with Gasteiger partial charge in [0.1, 0.15) is 33.8 Å². The molecule has 12 heteroatoms. The average Bonchev–Trinajstić information content (AvgIpc) is 3.46. The predicted octanol–water partition coefficient (Wildman–Crippen LogP) is 13.3. The van der Waals surface area contributed by atoms with Crippen LogP contribution in [0.15, 0.2) is 212 Å². The molecule has 0 spiro atoms. The Bertz CT molecular complexity index is 3800. The van der Waals surface area contributed by atoms with E-state index in [1.54, 1.807) is 37.1 Å². The number of hydrogen-bond donors (Lipinski definition) is 0. The highest BCUT2D eigenvalue weighted by Crippen LogP contribution is 2.39. The molecule has 0 saturated carbocycles. The number of rotatable bonds is 11. The van der Waals surface area contributed by atoms with Crippen molar-refractivity contribution in [3.63, 3.8) is 0 Å². The molecule has 4 aromatic carbocycles. The summed E-state index contributed by atoms with van der Waals surface area (Å²) in [5.41, 5.74) is 18.0. The van der Waals surface area contributed by atoms with E-state index in [9.17, 15) is 0 Å². The van der Waals surface area contributed by atoms with Crippen LogP contribution in [0.5, 0.6) is 0 Å². The Hall–Kier alpha value is -10.2. The van der Waals surface area contributed by atoms with Crippen molar-refractivity contribution in [1.82, 2.24) is 54.8 Å². The molecule has 8 aromatic heterocycles. The third kappa shape index (κ3) is 8.30. The van der Waals surface area contributed by atoms with Crippen molar-refractivity contribution < 1.29 is 0 Å². The number of benzene rings is 4. The zero-order chi connectivity index (χ0) is 48.4. The Morgan fingerprint density at radius 2 is 0.681 bits per heavy atom. The maximum atomic E-state index is 5.06. The van der Waals surface area contributed by atoms with Gasteiger partial charge < -0.3 is 0 Å². The van der Waals surface area contributed by atoms with Crippen molar-refractivity contribution in [2.24, 2.45) is 4.99 Å². The van der Waals surface area contributed by atoms with E-state index in [0.717, 1.165) is 72.8 Å². The van der Waals surface area contributed by atoms with Crippen molar-refractivity contribution in [2.75, 3.05) is 0 Å². The Labute approximate surface area is 413 Å². The first kappa shape index (κ1) is 43.1. The second-order valence-electron chi connectivity index (χ2n) is 16.7. The standard InChI is InChI=1S/C60H38N12/c1-3-46-58(61-2)70-55(47-12-4-7-29-62-47)52(67-46)40-23-17-37(18-24-40)43-34-44(38-19-25-41(26-20-38)53-56(48-13-5-8-30-63-48)71-59-50(68-53)15-10-32-65-59)36-45(35-43)39-21-27-42(28-22-39)54-57(49-14-6-9-31-64-49)72-60-51(69-54)16-11-33-66-60/h3-36H,1-2H2. The van der Waals surface area contributed by atoms with Crippen LogP contribution < -0.4 is 0 Å². The van der Waals surface area contributed by atoms with Gasteiger partial charge in [0.2, 0.25) is 0 Å². The quantitative estimate of drug-likeness (QED) is 0.114. The first-order valence-electron chi connectivity index (χ1n) is 23.1. The van der Waals surface area contributed by atoms with Gasteiger partial charge in [-0.1, -0.05) is 97.6 Å². The van der Waals surface area contributed by atoms with E-state index in [0.29, 0.717) is 62.3 Å². The van der Waals surface area contributed by atoms with Crippen LogP contribution in [0.1, 0.15) is 5.69 Å². The number of fused-ring (bicyclic) bond motifs is 2. The summed E-state index contributed by atoms with van der Waals surface area (Å²) in [6.45, 7) is 7.69. The van der Waals surface area contributed by atoms with Crippen LogP contribution in [0.2, 0.25) is 0 Å². The largest absolute Gasteiger partial charge is 0.255 e. The summed E-state index contributed by atoms with van der Waals surface area (Å²) < 4.78 is 0. The van der Waals surface area contributed by atoms with Gasteiger partial charge in [0.05, 0.1) is 34.2 Å². The molecule has 338 valence electrons. The summed E-state index contributed by atoms with van der Waals surface area (Å²) in [5.74, 6) is 0.392. The summed E-state index contributed by atoms with van der Waals surface area (Å²) >= 11 is 0. The summed E-state index contributed by atoms with van der Waals surface area (Å²) in [6.07, 6.45) is 10.3. The zero-order valence-electron chi connectivity index (χ0n) is 38.4. The first-order valence-corrected chi connectivity index (χ1v) is 23.1. The second-order valence-corrected chi connectivity index (χ2v) is 16.7. The van der Waals surface area contributed by atoms with Gasteiger partial charge in [-0.15, -0.1) is 0 Å². The van der Waals surface area contributed by atoms with Crippen molar-refractivity contribution >= 4 is 40.9 Å². The number of hydrogen-bond acceptors (Lipinski definition) is 12. The normalized spacial score (nSPS) is 11.2. The smallest absolute Gasteiger partial charge is 0.178 e. The Balaban J connectivity index is 0.965. The molecule has 0 aliphatic carbocycles. The molecule has 8 heterocycles. The van der Waals surface area contributed by atoms with E-state index in [1.165, 1.54) is 0 Å². The van der Waals surface area contributed by atoms with Crippen LogP contribution in [0, 0.1) is 0 Å². The van der Waals surface area contributed by atoms with E-state index < -0.39 is 0 Å². The van der Waals surface area contributed by atoms with E-state index in [1.807, 2.05) is 78.9 Å². The maximum Gasteiger partial charge on any atom is 0.178 e. The van der Waals surface area contributed by atoms with Gasteiger partial charge in [0.15, 0.2) is 17.1 Å². The van der Waals surface area contributed by atoms with Crippen LogP contribution >= 0.6 is 0 Å². The molecule has 72 heavy (non-hydrogen) atoms. The molecule has 0 unspecified atom stereocenters. The predicted molar refractivity (Wildman–Crippen MR) is 285 cm³/mol. The highest BCUT2D eigenvalue weighted by molar-refractivity contribution is 5.88. The van der Waals surface area contributed by atoms with Crippen LogP contribution in [-0.2, 0) is 0 Å². The Morgan fingerprint density at radius 1 is 0.319 bits per heavy atom. The van der Waals surface area contributed by atoms with E-state index in [4.69, 9.17) is 29.9 Å². The zero-order valence-corrected chi connectivity index (χ0v) is 38.4. The fraction of sp³-hybridized carbons (Fsp3) is 0. The molecule has 0 saturated heterocycles. The van der Waals surface area contributed by atoms with Gasteiger partial charge in [0, 0.05) is 47.7 Å². The monoisotopic (exact) mass is 926 g/mol. The van der Waals surface area contributed by atoms with Crippen molar-refractivity contribution in [3.8, 4) is 101 Å². The van der Waals surface area contributed by atoms with Crippen LogP contribution in [0.4, 0.5) is 5.82 Å². The minimum Gasteiger partial charge on any atom is -0.255 e. The first-order chi connectivity index (χ1) is 35.6. The molecule has 0 bridgehead atoms. The molecule has 12 rings (SSSR count). The van der Waals surface area contributed by atoms with E-state index >= 15 is 0 Å². The minimum absolute atomic E-state index is 0.392. The van der Waals surface area contributed by atoms with Crippen molar-refractivity contribution in [1.29, 1.82) is 0 Å². The molecular weight excluding hydrogens is 889 g/mol. The van der Waals surface area contributed by atoms with E-state index in [-0.39, 0.29) is 0 Å². The summed E-state index contributed by atoms with van der Waals surface area (Å²) in [7, 11) is 0. The van der Waals surface area contributed by atoms with Crippen LogP contribution in [-0.4, -0.2) is 61.5 Å². The molecule has 12 nitrogen and oxygen atoms in total. The fourth-order valence-electron chi connectivity index (χ4n) is 8.72. The van der Waals surface area contributed by atoms with Gasteiger partial charge in [0.25, 0.3) is 0 Å². The lowest BCUT2D eigenvalue weighted by Gasteiger charge is -2.14. The summed E-state index contributed by atoms with van der Waals surface area (Å²) in [5, 5.41) is 0. The number of nitrogens with zero attached hydrogens (tertiary/aromatic N) is 12. The van der Waals surface area contributed by atoms with E-state index in [2.05, 4.69) is 134 Å². The molecule has 0 N–H and O–H groups in total. The van der Waals surface area contributed by atoms with Gasteiger partial charge in [-0.3, -0.25) is 15.0 Å². The molecular formula is C60H38N12. The summed E-state index contributed by atoms with van der Waals surface area (Å²) in [6, 6.07) is 56.8. The number of aromatic nitrogens is 11. The third-order valence-corrected chi connectivity index (χ3v) is 12.3. The Morgan fingerprint density at radius 3 is 1.04 bits per heavy atom. The number of aliphatic imine (C=N–C) groups is 1. The minimum atomic E-state index is 0.392. The average molecular weight is 927 g/mol. The van der Waals surface area contributed by atoms with Crippen LogP contribution in [0.3, 0.4) is 0 Å². The topological polar surface area (TPSA) is 154 Å². The lowest BCUT2D eigenvalue weighted by molar-refractivity contribution is 1.15. The number of pyridine rings is 5. The fourth-order valence-corrected chi connectivity index (χ4v) is 8.72. The Kier molecular flexibility index (Phi) is 11.2. The second kappa shape index (κ2) is 18.7. The van der Waals surface area contributed by atoms with Crippen molar-refractivity contribution in [3.05, 3.63) is 213 Å². The lowest BCUT2D eigenvalue weighted by Crippen LogP contribution is -1.98. The van der Waals surface area contributed by atoms with Gasteiger partial charge >= 0.3 is 0 Å². The molecule has 0 radical (unpaired) electrons. The highest BCUT2D eigenvalue weighted by atomic mass is 15.0. The molecule has 0 aliphatic rings. The lowest BCUT2D eigenvalue weighted by atomic mass is 9.91. The molecule has 0 aliphatic heterocycles. The van der Waals surface area contributed by atoms with Gasteiger partial charge in [-0.25, -0.2) is 44.9 Å². The van der Waals surface area contributed by atoms with Crippen molar-refractivity contribution in [2.45, 2.75) is 0 Å². The van der Waals surface area contributed by atoms with Crippen LogP contribution in [0.25, 0.3) is 130 Å². The molecule has 0 atom stereocenters. The molecule has 12 aromatic rings. The molecule has 0 fully saturated rings. The maximum absolute atomic E-state index is 5.06. The van der Waals surface area contributed by atoms with Gasteiger partial charge in [-0.2, -0.15) is 0 Å². The third-order valence-electron chi connectivity index (χ3n) is 12.3. The summed E-state index contributed by atoms with van der Waals surface area (Å²) in [4.78, 5) is 56.8. The molecule has 0 amide bonds.